The number of hydrogen-bond donors (Lipinski definition) is 1. The third-order valence-corrected chi connectivity index (χ3v) is 5.15. The van der Waals surface area contributed by atoms with Gasteiger partial charge in [-0.25, -0.2) is 13.1 Å². The summed E-state index contributed by atoms with van der Waals surface area (Å²) in [5.74, 6) is 1.39. The molecule has 0 aliphatic rings. The van der Waals surface area contributed by atoms with Crippen molar-refractivity contribution in [3.63, 3.8) is 0 Å². The second-order valence-electron chi connectivity index (χ2n) is 5.05. The van der Waals surface area contributed by atoms with Gasteiger partial charge in [0.2, 0.25) is 10.0 Å². The van der Waals surface area contributed by atoms with Crippen LogP contribution in [0.5, 0.6) is 11.5 Å². The number of rotatable bonds is 7. The van der Waals surface area contributed by atoms with Crippen LogP contribution in [0.25, 0.3) is 0 Å². The summed E-state index contributed by atoms with van der Waals surface area (Å²) in [6, 6.07) is 7.09. The van der Waals surface area contributed by atoms with E-state index in [1.54, 1.807) is 57.0 Å². The Balaban J connectivity index is 1.92. The fourth-order valence-electron chi connectivity index (χ4n) is 2.23. The van der Waals surface area contributed by atoms with E-state index in [1.807, 2.05) is 0 Å². The average molecular weight is 339 g/mol. The summed E-state index contributed by atoms with van der Waals surface area (Å²) in [5, 5.41) is 4.12. The number of ether oxygens (including phenoxy) is 2. The lowest BCUT2D eigenvalue weighted by atomic mass is 10.3. The highest BCUT2D eigenvalue weighted by Gasteiger charge is 2.23. The summed E-state index contributed by atoms with van der Waals surface area (Å²) in [6.07, 6.45) is 0. The van der Waals surface area contributed by atoms with Crippen LogP contribution in [0.4, 0.5) is 0 Å². The largest absolute Gasteiger partial charge is 0.497 e. The summed E-state index contributed by atoms with van der Waals surface area (Å²) >= 11 is 0. The Labute approximate surface area is 136 Å². The monoisotopic (exact) mass is 339 g/mol. The Morgan fingerprint density at radius 2 is 1.78 bits per heavy atom. The van der Waals surface area contributed by atoms with E-state index in [9.17, 15) is 8.42 Å². The maximum absolute atomic E-state index is 12.3. The lowest BCUT2D eigenvalue weighted by Crippen LogP contribution is -2.29. The van der Waals surface area contributed by atoms with Crippen molar-refractivity contribution in [1.29, 1.82) is 0 Å². The van der Waals surface area contributed by atoms with Gasteiger partial charge in [-0.05, 0) is 38.1 Å². The van der Waals surface area contributed by atoms with Crippen LogP contribution in [0.2, 0.25) is 0 Å². The van der Waals surface area contributed by atoms with E-state index in [-0.39, 0.29) is 18.0 Å². The number of nitrogens with zero attached hydrogens (tertiary/aromatic N) is 2. The molecule has 1 aromatic heterocycles. The molecule has 2 rings (SSSR count). The lowest BCUT2D eigenvalue weighted by Gasteiger charge is -2.09. The van der Waals surface area contributed by atoms with E-state index < -0.39 is 10.0 Å². The van der Waals surface area contributed by atoms with Gasteiger partial charge in [0.05, 0.1) is 18.5 Å². The predicted molar refractivity (Wildman–Crippen MR) is 86.4 cm³/mol. The first-order valence-corrected chi connectivity index (χ1v) is 8.60. The van der Waals surface area contributed by atoms with Crippen LogP contribution in [-0.2, 0) is 17.1 Å². The molecule has 0 aliphatic carbocycles. The first-order valence-electron chi connectivity index (χ1n) is 7.12. The number of sulfonamides is 1. The smallest absolute Gasteiger partial charge is 0.244 e. The van der Waals surface area contributed by atoms with E-state index >= 15 is 0 Å². The maximum Gasteiger partial charge on any atom is 0.244 e. The lowest BCUT2D eigenvalue weighted by molar-refractivity contribution is 0.322. The van der Waals surface area contributed by atoms with Crippen molar-refractivity contribution in [2.45, 2.75) is 18.7 Å². The third-order valence-electron chi connectivity index (χ3n) is 3.43. The van der Waals surface area contributed by atoms with Crippen molar-refractivity contribution >= 4 is 10.0 Å². The van der Waals surface area contributed by atoms with Gasteiger partial charge >= 0.3 is 0 Å². The first-order chi connectivity index (χ1) is 10.8. The molecule has 0 amide bonds. The quantitative estimate of drug-likeness (QED) is 0.771. The number of nitrogens with one attached hydrogen (secondary N) is 1. The highest BCUT2D eigenvalue weighted by Crippen LogP contribution is 2.18. The minimum atomic E-state index is -3.60. The molecule has 0 saturated heterocycles. The van der Waals surface area contributed by atoms with Gasteiger partial charge in [-0.2, -0.15) is 5.10 Å². The molecule has 0 bridgehead atoms. The Hall–Kier alpha value is -2.06. The summed E-state index contributed by atoms with van der Waals surface area (Å²) in [6.45, 7) is 3.80. The molecule has 1 N–H and O–H groups in total. The molecule has 0 unspecified atom stereocenters. The highest BCUT2D eigenvalue weighted by molar-refractivity contribution is 7.89. The standard InChI is InChI=1S/C15H21N3O4S/c1-11-15(12(2)18(3)17-11)23(19,20)16-9-10-22-14-7-5-13(21-4)6-8-14/h5-8,16H,9-10H2,1-4H3. The van der Waals surface area contributed by atoms with Gasteiger partial charge in [0.15, 0.2) is 0 Å². The van der Waals surface area contributed by atoms with Gasteiger partial charge in [-0.15, -0.1) is 0 Å². The molecule has 0 fully saturated rings. The summed E-state index contributed by atoms with van der Waals surface area (Å²) in [5.41, 5.74) is 1.08. The molecule has 0 saturated carbocycles. The number of methoxy groups -OCH3 is 1. The zero-order chi connectivity index (χ0) is 17.0. The molecule has 1 aromatic carbocycles. The highest BCUT2D eigenvalue weighted by atomic mass is 32.2. The van der Waals surface area contributed by atoms with Gasteiger partial charge in [0.25, 0.3) is 0 Å². The Kier molecular flexibility index (Phi) is 5.27. The van der Waals surface area contributed by atoms with Crippen LogP contribution >= 0.6 is 0 Å². The van der Waals surface area contributed by atoms with Crippen molar-refractivity contribution in [3.05, 3.63) is 35.7 Å². The van der Waals surface area contributed by atoms with Gasteiger partial charge in [-0.3, -0.25) is 4.68 Å². The van der Waals surface area contributed by atoms with Crippen molar-refractivity contribution in [1.82, 2.24) is 14.5 Å². The fourth-order valence-corrected chi connectivity index (χ4v) is 3.68. The summed E-state index contributed by atoms with van der Waals surface area (Å²) < 4.78 is 39.3. The SMILES string of the molecule is COc1ccc(OCCNS(=O)(=O)c2c(C)nn(C)c2C)cc1. The fraction of sp³-hybridized carbons (Fsp3) is 0.400. The van der Waals surface area contributed by atoms with Gasteiger partial charge in [-0.1, -0.05) is 0 Å². The van der Waals surface area contributed by atoms with Gasteiger partial charge in [0.1, 0.15) is 23.0 Å². The van der Waals surface area contributed by atoms with Crippen molar-refractivity contribution in [2.24, 2.45) is 7.05 Å². The van der Waals surface area contributed by atoms with Crippen LogP contribution in [-0.4, -0.2) is 38.5 Å². The Bertz CT molecular complexity index is 767. The molecule has 23 heavy (non-hydrogen) atoms. The summed E-state index contributed by atoms with van der Waals surface area (Å²) in [7, 11) is -0.292. The normalized spacial score (nSPS) is 11.5. The van der Waals surface area contributed by atoms with Crippen LogP contribution in [0.1, 0.15) is 11.4 Å². The molecule has 2 aromatic rings. The zero-order valence-electron chi connectivity index (χ0n) is 13.7. The second kappa shape index (κ2) is 7.01. The molecule has 1 heterocycles. The predicted octanol–water partition coefficient (Wildman–Crippen LogP) is 1.40. The van der Waals surface area contributed by atoms with E-state index in [1.165, 1.54) is 0 Å². The minimum absolute atomic E-state index is 0.169. The van der Waals surface area contributed by atoms with Crippen molar-refractivity contribution in [2.75, 3.05) is 20.3 Å². The molecular weight excluding hydrogens is 318 g/mol. The van der Waals surface area contributed by atoms with Crippen molar-refractivity contribution < 1.29 is 17.9 Å². The van der Waals surface area contributed by atoms with Crippen molar-refractivity contribution in [3.8, 4) is 11.5 Å². The van der Waals surface area contributed by atoms with Crippen LogP contribution in [0.15, 0.2) is 29.2 Å². The third kappa shape index (κ3) is 4.02. The zero-order valence-corrected chi connectivity index (χ0v) is 14.5. The van der Waals surface area contributed by atoms with E-state index in [0.717, 1.165) is 5.75 Å². The number of aryl methyl sites for hydroxylation is 2. The number of benzene rings is 1. The number of aromatic nitrogens is 2. The van der Waals surface area contributed by atoms with E-state index in [2.05, 4.69) is 9.82 Å². The molecule has 8 heteroatoms. The van der Waals surface area contributed by atoms with Crippen LogP contribution in [0.3, 0.4) is 0 Å². The van der Waals surface area contributed by atoms with E-state index in [4.69, 9.17) is 9.47 Å². The second-order valence-corrected chi connectivity index (χ2v) is 6.75. The van der Waals surface area contributed by atoms with Gasteiger partial charge < -0.3 is 9.47 Å². The Morgan fingerprint density at radius 3 is 2.30 bits per heavy atom. The molecule has 7 nitrogen and oxygen atoms in total. The Morgan fingerprint density at radius 1 is 1.17 bits per heavy atom. The molecule has 126 valence electrons. The molecular formula is C15H21N3O4S. The van der Waals surface area contributed by atoms with Crippen LogP contribution < -0.4 is 14.2 Å². The average Bonchev–Trinajstić information content (AvgIpc) is 2.77. The molecule has 0 aliphatic heterocycles. The number of hydrogen-bond acceptors (Lipinski definition) is 5. The molecule has 0 radical (unpaired) electrons. The molecule has 0 atom stereocenters. The topological polar surface area (TPSA) is 82.4 Å². The van der Waals surface area contributed by atoms with Crippen LogP contribution in [0, 0.1) is 13.8 Å². The van der Waals surface area contributed by atoms with E-state index in [0.29, 0.717) is 17.1 Å². The van der Waals surface area contributed by atoms with Gasteiger partial charge in [0, 0.05) is 13.6 Å². The summed E-state index contributed by atoms with van der Waals surface area (Å²) in [4.78, 5) is 0.226. The molecule has 0 spiro atoms. The first kappa shape index (κ1) is 17.3. The maximum atomic E-state index is 12.3. The minimum Gasteiger partial charge on any atom is -0.497 e.